The number of hydrogen-bond donors (Lipinski definition) is 0. The summed E-state index contributed by atoms with van der Waals surface area (Å²) in [6.07, 6.45) is 0. The Morgan fingerprint density at radius 2 is 1.50 bits per heavy atom. The summed E-state index contributed by atoms with van der Waals surface area (Å²) in [6, 6.07) is 0. The maximum absolute atomic E-state index is 2.25. The van der Waals surface area contributed by atoms with E-state index in [-0.39, 0.29) is 5.48 Å². The van der Waals surface area contributed by atoms with E-state index in [2.05, 4.69) is 13.8 Å². The van der Waals surface area contributed by atoms with Crippen LogP contribution in [0, 0.1) is 0 Å². The van der Waals surface area contributed by atoms with Crippen LogP contribution in [0.4, 0.5) is 0 Å². The molecule has 0 saturated heterocycles. The summed E-state index contributed by atoms with van der Waals surface area (Å²) in [5.41, 5.74) is 0. The molecule has 0 saturated carbocycles. The van der Waals surface area contributed by atoms with E-state index in [9.17, 15) is 0 Å². The van der Waals surface area contributed by atoms with Gasteiger partial charge in [-0.3, -0.25) is 0 Å². The molecule has 0 amide bonds. The molecule has 0 bridgehead atoms. The summed E-state index contributed by atoms with van der Waals surface area (Å²) in [7, 11) is 0. The van der Waals surface area contributed by atoms with Crippen molar-refractivity contribution in [3.05, 3.63) is 0 Å². The number of hydrogen-bond acceptors (Lipinski definition) is 1. The first-order chi connectivity index (χ1) is 2.41. The zero-order chi connectivity index (χ0) is 4.12. The predicted molar refractivity (Wildman–Crippen MR) is 28.7 cm³/mol. The van der Waals surface area contributed by atoms with Crippen LogP contribution in [0.1, 0.15) is 13.8 Å². The molecule has 36 valence electrons. The summed E-state index contributed by atoms with van der Waals surface area (Å²) in [5, 5.41) is 2.85. The van der Waals surface area contributed by atoms with Gasteiger partial charge in [0.25, 0.3) is 0 Å². The summed E-state index contributed by atoms with van der Waals surface area (Å²) >= 11 is 0.815. The van der Waals surface area contributed by atoms with Gasteiger partial charge in [-0.2, -0.15) is 0 Å². The van der Waals surface area contributed by atoms with Gasteiger partial charge in [0, 0.05) is 0 Å². The third kappa shape index (κ3) is 8.82. The molecule has 0 aromatic heterocycles. The summed E-state index contributed by atoms with van der Waals surface area (Å²) in [5.74, 6) is 0. The molecule has 0 aliphatic rings. The Labute approximate surface area is 45.8 Å². The first-order valence-corrected chi connectivity index (χ1v) is 3.86. The van der Waals surface area contributed by atoms with Crippen LogP contribution in [0.3, 0.4) is 0 Å². The second-order valence-electron chi connectivity index (χ2n) is 1.11. The molecule has 0 fully saturated rings. The molecule has 2 heteroatoms. The van der Waals surface area contributed by atoms with Crippen molar-refractivity contribution >= 4 is 15.2 Å². The molecule has 1 N–H and O–H groups in total. The van der Waals surface area contributed by atoms with Crippen molar-refractivity contribution in [2.45, 2.75) is 24.4 Å². The predicted octanol–water partition coefficient (Wildman–Crippen LogP) is 1.39. The van der Waals surface area contributed by atoms with Gasteiger partial charge in [0.05, 0.1) is 0 Å². The van der Waals surface area contributed by atoms with Crippen LogP contribution >= 0.6 is 0 Å². The van der Waals surface area contributed by atoms with E-state index in [0.717, 1.165) is 15.2 Å². The van der Waals surface area contributed by atoms with Crippen LogP contribution in [0.15, 0.2) is 0 Å². The van der Waals surface area contributed by atoms with Crippen LogP contribution in [0.25, 0.3) is 0 Å². The average Bonchev–Trinajstić information content (AvgIpc) is 1.41. The molecule has 0 aromatic rings. The van der Waals surface area contributed by atoms with Crippen LogP contribution in [-0.2, 0) is 0 Å². The topological polar surface area (TPSA) is 30.0 Å². The van der Waals surface area contributed by atoms with Crippen molar-refractivity contribution in [3.63, 3.8) is 0 Å². The van der Waals surface area contributed by atoms with Gasteiger partial charge < -0.3 is 5.48 Å². The van der Waals surface area contributed by atoms with E-state index >= 15 is 0 Å². The molecule has 0 aliphatic carbocycles. The van der Waals surface area contributed by atoms with Gasteiger partial charge in [-0.15, -0.1) is 0 Å². The van der Waals surface area contributed by atoms with Crippen LogP contribution in [0.5, 0.6) is 0 Å². The normalized spacial score (nSPS) is 5.67. The summed E-state index contributed by atoms with van der Waals surface area (Å²) < 4.78 is 0. The molecule has 1 nitrogen and oxygen atoms in total. The molecule has 0 aliphatic heterocycles. The van der Waals surface area contributed by atoms with Gasteiger partial charge >= 0.3 is 39.6 Å². The van der Waals surface area contributed by atoms with Gasteiger partial charge in [0.2, 0.25) is 0 Å². The Morgan fingerprint density at radius 3 is 1.50 bits per heavy atom. The van der Waals surface area contributed by atoms with Crippen molar-refractivity contribution in [1.82, 2.24) is 0 Å². The van der Waals surface area contributed by atoms with E-state index in [1.54, 1.807) is 0 Å². The van der Waals surface area contributed by atoms with Gasteiger partial charge in [-0.05, 0) is 0 Å². The van der Waals surface area contributed by atoms with Gasteiger partial charge in [0.15, 0.2) is 0 Å². The Hall–Kier alpha value is 0.492. The van der Waals surface area contributed by atoms with Crippen molar-refractivity contribution < 1.29 is 5.48 Å². The van der Waals surface area contributed by atoms with E-state index in [1.165, 1.54) is 10.6 Å². The molecular weight excluding hydrogens is 91.0 g/mol. The molecule has 0 heterocycles. The van der Waals surface area contributed by atoms with Gasteiger partial charge in [0.1, 0.15) is 0 Å². The molecule has 0 aromatic carbocycles. The summed E-state index contributed by atoms with van der Waals surface area (Å²) in [6.45, 7) is 4.50. The van der Waals surface area contributed by atoms with E-state index in [1.807, 2.05) is 0 Å². The molecule has 0 atom stereocenters. The zero-order valence-electron chi connectivity index (χ0n) is 4.44. The first kappa shape index (κ1) is 9.70. The summed E-state index contributed by atoms with van der Waals surface area (Å²) in [4.78, 5) is 0. The zero-order valence-corrected chi connectivity index (χ0v) is 5.59. The maximum atomic E-state index is 2.25. The molecule has 0 unspecified atom stereocenters. The SMILES string of the molecule is C[CH2][Al+][CH2]C.[OH-]. The fraction of sp³-hybridized carbons (Fsp3) is 1.00. The van der Waals surface area contributed by atoms with Crippen molar-refractivity contribution in [1.29, 1.82) is 0 Å². The average molecular weight is 102 g/mol. The van der Waals surface area contributed by atoms with Gasteiger partial charge in [-0.25, -0.2) is 0 Å². The Balaban J connectivity index is 0. The standard InChI is InChI=1S/2C2H5.Al.H2O/c2*1-2;;/h2*1H2,2H3;;1H2/q;;+1;/p-1. The minimum atomic E-state index is 0. The van der Waals surface area contributed by atoms with Crippen LogP contribution in [-0.4, -0.2) is 20.7 Å². The monoisotopic (exact) mass is 102 g/mol. The minimum Gasteiger partial charge on any atom is -0.870 e. The third-order valence-electron chi connectivity index (χ3n) is 0.577. The molecule has 6 heavy (non-hydrogen) atoms. The van der Waals surface area contributed by atoms with Crippen molar-refractivity contribution in [3.8, 4) is 0 Å². The number of rotatable bonds is 2. The smallest absolute Gasteiger partial charge is 0.870 e. The second kappa shape index (κ2) is 9.09. The Kier molecular flexibility index (Phi) is 14.7. The third-order valence-corrected chi connectivity index (χ3v) is 1.73. The van der Waals surface area contributed by atoms with Crippen LogP contribution in [0.2, 0.25) is 10.6 Å². The molecule has 0 radical (unpaired) electrons. The Morgan fingerprint density at radius 1 is 1.17 bits per heavy atom. The minimum absolute atomic E-state index is 0. The second-order valence-corrected chi connectivity index (χ2v) is 3.32. The first-order valence-electron chi connectivity index (χ1n) is 2.23. The van der Waals surface area contributed by atoms with Gasteiger partial charge in [-0.1, -0.05) is 0 Å². The van der Waals surface area contributed by atoms with Crippen molar-refractivity contribution in [2.24, 2.45) is 0 Å². The van der Waals surface area contributed by atoms with E-state index in [0.29, 0.717) is 0 Å². The molecule has 0 spiro atoms. The molecule has 0 rings (SSSR count). The maximum Gasteiger partial charge on any atom is -0.870 e. The quantitative estimate of drug-likeness (QED) is 0.484. The van der Waals surface area contributed by atoms with Crippen LogP contribution < -0.4 is 0 Å². The van der Waals surface area contributed by atoms with E-state index in [4.69, 9.17) is 0 Å². The van der Waals surface area contributed by atoms with Crippen molar-refractivity contribution in [2.75, 3.05) is 0 Å². The van der Waals surface area contributed by atoms with E-state index < -0.39 is 0 Å². The Bertz CT molecular complexity index is 15.0. The fourth-order valence-electron chi connectivity index (χ4n) is 0.289. The molecular formula is C4H11AlO. The largest absolute Gasteiger partial charge is 0.870 e. The fourth-order valence-corrected chi connectivity index (χ4v) is 0.866.